The largest absolute Gasteiger partial charge is 0.443 e. The maximum absolute atomic E-state index is 15.1. The van der Waals surface area contributed by atoms with E-state index in [1.165, 1.54) is 30.7 Å². The zero-order valence-corrected chi connectivity index (χ0v) is 21.4. The second-order valence-electron chi connectivity index (χ2n) is 10.4. The Labute approximate surface area is 218 Å². The molecule has 1 amide bonds. The van der Waals surface area contributed by atoms with Crippen molar-refractivity contribution in [3.05, 3.63) is 66.8 Å². The minimum atomic E-state index is -0.441. The lowest BCUT2D eigenvalue weighted by Crippen LogP contribution is -2.58. The van der Waals surface area contributed by atoms with Crippen molar-refractivity contribution in [2.45, 2.75) is 51.3 Å². The molecule has 4 aromatic rings. The van der Waals surface area contributed by atoms with Crippen LogP contribution in [-0.2, 0) is 4.74 Å². The van der Waals surface area contributed by atoms with Crippen molar-refractivity contribution >= 4 is 22.9 Å². The molecule has 10 heteroatoms. The first-order valence-corrected chi connectivity index (χ1v) is 12.7. The molecule has 0 radical (unpaired) electrons. The van der Waals surface area contributed by atoms with Crippen LogP contribution in [0.5, 0.6) is 0 Å². The van der Waals surface area contributed by atoms with Crippen molar-refractivity contribution in [1.82, 2.24) is 24.4 Å². The molecule has 1 aromatic carbocycles. The fourth-order valence-electron chi connectivity index (χ4n) is 5.07. The highest BCUT2D eigenvalue weighted by atomic mass is 19.1. The average molecular weight is 519 g/mol. The first kappa shape index (κ1) is 24.3. The summed E-state index contributed by atoms with van der Waals surface area (Å²) in [5.74, 6) is 0.106. The van der Waals surface area contributed by atoms with Crippen molar-refractivity contribution in [3.63, 3.8) is 0 Å². The minimum Gasteiger partial charge on any atom is -0.443 e. The molecule has 1 aliphatic heterocycles. The lowest BCUT2D eigenvalue weighted by Gasteiger charge is -2.44. The highest BCUT2D eigenvalue weighted by Gasteiger charge is 2.44. The highest BCUT2D eigenvalue weighted by Crippen LogP contribution is 2.41. The molecular formula is C28H28F2N6O2. The van der Waals surface area contributed by atoms with Gasteiger partial charge in [0, 0.05) is 54.8 Å². The molecule has 2 atom stereocenters. The van der Waals surface area contributed by atoms with Gasteiger partial charge in [0.15, 0.2) is 5.65 Å². The summed E-state index contributed by atoms with van der Waals surface area (Å²) >= 11 is 0. The zero-order valence-electron chi connectivity index (χ0n) is 21.4. The Hall–Kier alpha value is -4.08. The van der Waals surface area contributed by atoms with Gasteiger partial charge in [0.2, 0.25) is 0 Å². The summed E-state index contributed by atoms with van der Waals surface area (Å²) in [6, 6.07) is 8.82. The highest BCUT2D eigenvalue weighted by molar-refractivity contribution is 6.02. The number of nitrogens with zero attached hydrogens (tertiary/aromatic N) is 6. The van der Waals surface area contributed by atoms with E-state index in [9.17, 15) is 9.18 Å². The lowest BCUT2D eigenvalue weighted by molar-refractivity contribution is 0.0421. The molecular weight excluding hydrogens is 490 g/mol. The van der Waals surface area contributed by atoms with Gasteiger partial charge in [-0.2, -0.15) is 0 Å². The second-order valence-corrected chi connectivity index (χ2v) is 10.4. The number of carbonyl (C=O) groups excluding carboxylic acids is 1. The van der Waals surface area contributed by atoms with Crippen LogP contribution in [0.1, 0.15) is 33.6 Å². The van der Waals surface area contributed by atoms with Gasteiger partial charge in [0.25, 0.3) is 0 Å². The van der Waals surface area contributed by atoms with E-state index >= 15 is 4.39 Å². The van der Waals surface area contributed by atoms with Crippen LogP contribution in [0.2, 0.25) is 0 Å². The van der Waals surface area contributed by atoms with Gasteiger partial charge in [-0.3, -0.25) is 4.57 Å². The molecule has 3 aromatic heterocycles. The molecule has 1 saturated carbocycles. The van der Waals surface area contributed by atoms with E-state index in [2.05, 4.69) is 19.9 Å². The molecule has 38 heavy (non-hydrogen) atoms. The minimum absolute atomic E-state index is 0.104. The van der Waals surface area contributed by atoms with Crippen molar-refractivity contribution < 1.29 is 18.3 Å². The fourth-order valence-corrected chi connectivity index (χ4v) is 5.07. The SMILES string of the molecule is C[C@@H]1CN(c2ncnc3c2c(-c2ccccc2F)cn3-c2cc(F)ccn2)[C@@H](C)CN1C(=O)OC1(C)CC1. The van der Waals surface area contributed by atoms with Crippen LogP contribution >= 0.6 is 0 Å². The third kappa shape index (κ3) is 4.23. The number of anilines is 1. The molecule has 0 spiro atoms. The first-order valence-electron chi connectivity index (χ1n) is 12.7. The number of hydrogen-bond donors (Lipinski definition) is 0. The summed E-state index contributed by atoms with van der Waals surface area (Å²) in [4.78, 5) is 30.3. The van der Waals surface area contributed by atoms with Gasteiger partial charge >= 0.3 is 6.09 Å². The first-order chi connectivity index (χ1) is 18.2. The van der Waals surface area contributed by atoms with E-state index in [0.717, 1.165) is 12.8 Å². The van der Waals surface area contributed by atoms with Crippen molar-refractivity contribution in [2.24, 2.45) is 0 Å². The van der Waals surface area contributed by atoms with E-state index in [-0.39, 0.29) is 23.8 Å². The van der Waals surface area contributed by atoms with E-state index in [4.69, 9.17) is 4.74 Å². The zero-order chi connectivity index (χ0) is 26.6. The Morgan fingerprint density at radius 2 is 1.82 bits per heavy atom. The summed E-state index contributed by atoms with van der Waals surface area (Å²) in [5.41, 5.74) is 1.08. The number of piperazine rings is 1. The number of hydrogen-bond acceptors (Lipinski definition) is 6. The van der Waals surface area contributed by atoms with E-state index in [1.807, 2.05) is 20.8 Å². The smallest absolute Gasteiger partial charge is 0.410 e. The van der Waals surface area contributed by atoms with Crippen molar-refractivity contribution in [1.29, 1.82) is 0 Å². The Morgan fingerprint density at radius 1 is 1.03 bits per heavy atom. The Bertz CT molecular complexity index is 1540. The number of pyridine rings is 1. The van der Waals surface area contributed by atoms with Crippen molar-refractivity contribution in [2.75, 3.05) is 18.0 Å². The number of rotatable bonds is 4. The maximum atomic E-state index is 15.1. The number of fused-ring (bicyclic) bond motifs is 1. The molecule has 196 valence electrons. The molecule has 0 N–H and O–H groups in total. The summed E-state index contributed by atoms with van der Waals surface area (Å²) in [5, 5.41) is 0.629. The fraction of sp³-hybridized carbons (Fsp3) is 0.357. The van der Waals surface area contributed by atoms with Crippen LogP contribution < -0.4 is 4.90 Å². The van der Waals surface area contributed by atoms with Gasteiger partial charge in [-0.05, 0) is 45.7 Å². The summed E-state index contributed by atoms with van der Waals surface area (Å²) in [6.45, 7) is 6.90. The summed E-state index contributed by atoms with van der Waals surface area (Å²) < 4.78 is 36.6. The Balaban J connectivity index is 1.45. The number of ether oxygens (including phenoxy) is 1. The third-order valence-corrected chi connectivity index (χ3v) is 7.46. The number of carbonyl (C=O) groups is 1. The second kappa shape index (κ2) is 9.04. The van der Waals surface area contributed by atoms with Crippen LogP contribution in [0.4, 0.5) is 19.4 Å². The molecule has 0 unspecified atom stereocenters. The monoisotopic (exact) mass is 518 g/mol. The van der Waals surface area contributed by atoms with E-state index < -0.39 is 11.6 Å². The predicted molar refractivity (Wildman–Crippen MR) is 139 cm³/mol. The number of aromatic nitrogens is 4. The quantitative estimate of drug-likeness (QED) is 0.363. The van der Waals surface area contributed by atoms with Gasteiger partial charge in [-0.1, -0.05) is 18.2 Å². The van der Waals surface area contributed by atoms with Gasteiger partial charge in [0.1, 0.15) is 35.2 Å². The summed E-state index contributed by atoms with van der Waals surface area (Å²) in [6.07, 6.45) is 6.03. The van der Waals surface area contributed by atoms with Gasteiger partial charge in [-0.15, -0.1) is 0 Å². The van der Waals surface area contributed by atoms with Gasteiger partial charge in [0.05, 0.1) is 5.39 Å². The Kier molecular flexibility index (Phi) is 5.77. The molecule has 8 nitrogen and oxygen atoms in total. The standard InChI is InChI=1S/C28H28F2N6O2/c1-17-14-35(27(37)38-28(3)9-10-28)18(2)13-34(17)25-24-21(20-6-4-5-7-22(20)30)15-36(26(24)33-16-32-25)23-12-19(29)8-11-31-23/h4-8,11-12,15-18H,9-10,13-14H2,1-3H3/t17-,18+/m0/s1. The number of amides is 1. The predicted octanol–water partition coefficient (Wildman–Crippen LogP) is 5.35. The molecule has 0 bridgehead atoms. The van der Waals surface area contributed by atoms with Crippen LogP contribution in [-0.4, -0.2) is 61.3 Å². The van der Waals surface area contributed by atoms with Crippen LogP contribution in [0, 0.1) is 11.6 Å². The molecule has 2 fully saturated rings. The lowest BCUT2D eigenvalue weighted by atomic mass is 10.0. The average Bonchev–Trinajstić information content (AvgIpc) is 3.49. The maximum Gasteiger partial charge on any atom is 0.410 e. The molecule has 6 rings (SSSR count). The Morgan fingerprint density at radius 3 is 2.55 bits per heavy atom. The third-order valence-electron chi connectivity index (χ3n) is 7.46. The van der Waals surface area contributed by atoms with E-state index in [1.54, 1.807) is 33.9 Å². The van der Waals surface area contributed by atoms with Crippen LogP contribution in [0.3, 0.4) is 0 Å². The molecule has 1 aliphatic carbocycles. The number of benzene rings is 1. The summed E-state index contributed by atoms with van der Waals surface area (Å²) in [7, 11) is 0. The topological polar surface area (TPSA) is 76.4 Å². The van der Waals surface area contributed by atoms with Gasteiger partial charge < -0.3 is 14.5 Å². The van der Waals surface area contributed by atoms with Gasteiger partial charge in [-0.25, -0.2) is 28.5 Å². The molecule has 4 heterocycles. The van der Waals surface area contributed by atoms with Crippen molar-refractivity contribution in [3.8, 4) is 16.9 Å². The van der Waals surface area contributed by atoms with Crippen LogP contribution in [0.15, 0.2) is 55.1 Å². The molecule has 1 saturated heterocycles. The molecule has 2 aliphatic rings. The normalized spacial score (nSPS) is 20.6. The van der Waals surface area contributed by atoms with Crippen LogP contribution in [0.25, 0.3) is 28.0 Å². The number of halogens is 2. The van der Waals surface area contributed by atoms with E-state index in [0.29, 0.717) is 46.9 Å².